The number of aliphatic hydroxyl groups excluding tert-OH is 1. The van der Waals surface area contributed by atoms with Crippen LogP contribution >= 0.6 is 0 Å². The number of carbonyl (C=O) groups excluding carboxylic acids is 1. The van der Waals surface area contributed by atoms with Gasteiger partial charge < -0.3 is 20.5 Å². The summed E-state index contributed by atoms with van der Waals surface area (Å²) in [6.07, 6.45) is -5.76. The summed E-state index contributed by atoms with van der Waals surface area (Å²) in [7, 11) is 1.46. The molecule has 2 atom stereocenters. The Kier molecular flexibility index (Phi) is 6.69. The lowest BCUT2D eigenvalue weighted by molar-refractivity contribution is -0.139. The van der Waals surface area contributed by atoms with Gasteiger partial charge in [0, 0.05) is 13.6 Å². The van der Waals surface area contributed by atoms with Gasteiger partial charge >= 0.3 is 6.18 Å². The number of benzene rings is 2. The van der Waals surface area contributed by atoms with E-state index in [2.05, 4.69) is 0 Å². The van der Waals surface area contributed by atoms with E-state index in [9.17, 15) is 23.1 Å². The number of nitrogens with two attached hydrogens (primary N) is 1. The number of likely N-dealkylation sites (N-methyl/N-ethyl adjacent to an activating group) is 1. The number of alkyl halides is 3. The van der Waals surface area contributed by atoms with Crippen molar-refractivity contribution in [1.29, 1.82) is 0 Å². The van der Waals surface area contributed by atoms with Crippen molar-refractivity contribution in [3.05, 3.63) is 65.7 Å². The van der Waals surface area contributed by atoms with Gasteiger partial charge in [0.15, 0.2) is 0 Å². The van der Waals surface area contributed by atoms with Gasteiger partial charge in [-0.05, 0) is 24.6 Å². The molecular weight excluding hydrogens is 373 g/mol. The number of ether oxygens (including phenoxy) is 1. The number of amides is 1. The molecule has 0 radical (unpaired) electrons. The SMILES string of the molecule is CN(CC(O)COc1ccccc1C(F)(F)F)C(=O)C(C)(N)c1ccccc1. The zero-order chi connectivity index (χ0) is 20.9. The predicted molar refractivity (Wildman–Crippen MR) is 98.6 cm³/mol. The molecule has 0 aliphatic carbocycles. The van der Waals surface area contributed by atoms with Crippen LogP contribution in [0.5, 0.6) is 5.75 Å². The lowest BCUT2D eigenvalue weighted by Crippen LogP contribution is -2.51. The van der Waals surface area contributed by atoms with Gasteiger partial charge in [-0.2, -0.15) is 13.2 Å². The summed E-state index contributed by atoms with van der Waals surface area (Å²) >= 11 is 0. The number of aliphatic hydroxyl groups is 1. The second-order valence-electron chi connectivity index (χ2n) is 6.71. The molecule has 0 aromatic heterocycles. The Morgan fingerprint density at radius 1 is 1.14 bits per heavy atom. The third-order valence-electron chi connectivity index (χ3n) is 4.27. The number of carbonyl (C=O) groups is 1. The molecular formula is C20H23F3N2O3. The third-order valence-corrected chi connectivity index (χ3v) is 4.27. The number of halogens is 3. The molecule has 2 unspecified atom stereocenters. The molecule has 0 aliphatic heterocycles. The van der Waals surface area contributed by atoms with E-state index in [0.29, 0.717) is 5.56 Å². The van der Waals surface area contributed by atoms with Gasteiger partial charge in [-0.1, -0.05) is 42.5 Å². The van der Waals surface area contributed by atoms with Crippen LogP contribution in [-0.4, -0.2) is 42.2 Å². The van der Waals surface area contributed by atoms with E-state index < -0.39 is 35.9 Å². The summed E-state index contributed by atoms with van der Waals surface area (Å²) in [4.78, 5) is 13.9. The topological polar surface area (TPSA) is 75.8 Å². The first-order chi connectivity index (χ1) is 13.0. The second-order valence-corrected chi connectivity index (χ2v) is 6.71. The van der Waals surface area contributed by atoms with E-state index in [1.54, 1.807) is 37.3 Å². The molecule has 3 N–H and O–H groups in total. The van der Waals surface area contributed by atoms with E-state index in [1.165, 1.54) is 30.1 Å². The van der Waals surface area contributed by atoms with Crippen molar-refractivity contribution in [2.24, 2.45) is 5.73 Å². The van der Waals surface area contributed by atoms with Gasteiger partial charge in [-0.15, -0.1) is 0 Å². The maximum atomic E-state index is 13.0. The van der Waals surface area contributed by atoms with Crippen LogP contribution in [0.4, 0.5) is 13.2 Å². The Balaban J connectivity index is 1.98. The van der Waals surface area contributed by atoms with Crippen molar-refractivity contribution in [3.63, 3.8) is 0 Å². The quantitative estimate of drug-likeness (QED) is 0.755. The van der Waals surface area contributed by atoms with Crippen LogP contribution < -0.4 is 10.5 Å². The normalized spacial score (nSPS) is 14.8. The Labute approximate surface area is 161 Å². The lowest BCUT2D eigenvalue weighted by Gasteiger charge is -2.30. The van der Waals surface area contributed by atoms with Crippen molar-refractivity contribution in [1.82, 2.24) is 4.90 Å². The molecule has 2 aromatic carbocycles. The molecule has 1 amide bonds. The summed E-state index contributed by atoms with van der Waals surface area (Å²) in [5.41, 5.74) is 4.54. The standard InChI is InChI=1S/C20H23F3N2O3/c1-19(24,14-8-4-3-5-9-14)18(27)25(2)12-15(26)13-28-17-11-7-6-10-16(17)20(21,22)23/h3-11,15,26H,12-13,24H2,1-2H3. The largest absolute Gasteiger partial charge is 0.490 e. The first-order valence-corrected chi connectivity index (χ1v) is 8.60. The first-order valence-electron chi connectivity index (χ1n) is 8.60. The Morgan fingerprint density at radius 2 is 1.71 bits per heavy atom. The van der Waals surface area contributed by atoms with Crippen LogP contribution in [0, 0.1) is 0 Å². The van der Waals surface area contributed by atoms with Crippen LogP contribution in [-0.2, 0) is 16.5 Å². The van der Waals surface area contributed by atoms with E-state index in [1.807, 2.05) is 0 Å². The Hall–Kier alpha value is -2.58. The molecule has 8 heteroatoms. The maximum absolute atomic E-state index is 13.0. The van der Waals surface area contributed by atoms with Crippen molar-refractivity contribution < 1.29 is 27.8 Å². The summed E-state index contributed by atoms with van der Waals surface area (Å²) < 4.78 is 44.1. The van der Waals surface area contributed by atoms with E-state index in [4.69, 9.17) is 10.5 Å². The Morgan fingerprint density at radius 3 is 2.32 bits per heavy atom. The van der Waals surface area contributed by atoms with E-state index in [-0.39, 0.29) is 12.3 Å². The maximum Gasteiger partial charge on any atom is 0.419 e. The molecule has 0 bridgehead atoms. The molecule has 0 heterocycles. The van der Waals surface area contributed by atoms with Crippen LogP contribution in [0.15, 0.2) is 54.6 Å². The average Bonchev–Trinajstić information content (AvgIpc) is 2.65. The van der Waals surface area contributed by atoms with Gasteiger partial charge in [0.25, 0.3) is 0 Å². The van der Waals surface area contributed by atoms with E-state index >= 15 is 0 Å². The lowest BCUT2D eigenvalue weighted by atomic mass is 9.91. The summed E-state index contributed by atoms with van der Waals surface area (Å²) in [6, 6.07) is 13.5. The summed E-state index contributed by atoms with van der Waals surface area (Å²) in [6.45, 7) is 1.01. The molecule has 0 saturated carbocycles. The molecule has 2 rings (SSSR count). The molecule has 152 valence electrons. The highest BCUT2D eigenvalue weighted by Gasteiger charge is 2.35. The van der Waals surface area contributed by atoms with Crippen molar-refractivity contribution in [3.8, 4) is 5.75 Å². The van der Waals surface area contributed by atoms with Gasteiger partial charge in [-0.3, -0.25) is 4.79 Å². The smallest absolute Gasteiger partial charge is 0.419 e. The highest BCUT2D eigenvalue weighted by molar-refractivity contribution is 5.86. The molecule has 0 spiro atoms. The molecule has 0 aliphatic rings. The van der Waals surface area contributed by atoms with Gasteiger partial charge in [0.05, 0.1) is 5.56 Å². The fourth-order valence-corrected chi connectivity index (χ4v) is 2.77. The van der Waals surface area contributed by atoms with Gasteiger partial charge in [0.2, 0.25) is 5.91 Å². The van der Waals surface area contributed by atoms with Gasteiger partial charge in [0.1, 0.15) is 24.0 Å². The minimum Gasteiger partial charge on any atom is -0.490 e. The molecule has 5 nitrogen and oxygen atoms in total. The average molecular weight is 396 g/mol. The molecule has 28 heavy (non-hydrogen) atoms. The van der Waals surface area contributed by atoms with Crippen LogP contribution in [0.25, 0.3) is 0 Å². The summed E-state index contributed by atoms with van der Waals surface area (Å²) in [5, 5.41) is 10.1. The first kappa shape index (κ1) is 21.7. The van der Waals surface area contributed by atoms with Gasteiger partial charge in [-0.25, -0.2) is 0 Å². The third kappa shape index (κ3) is 5.24. The minimum atomic E-state index is -4.56. The van der Waals surface area contributed by atoms with Crippen LogP contribution in [0.2, 0.25) is 0 Å². The minimum absolute atomic E-state index is 0.146. The van der Waals surface area contributed by atoms with E-state index in [0.717, 1.165) is 6.07 Å². The van der Waals surface area contributed by atoms with Crippen molar-refractivity contribution >= 4 is 5.91 Å². The Bertz CT molecular complexity index is 795. The van der Waals surface area contributed by atoms with Crippen LogP contribution in [0.1, 0.15) is 18.1 Å². The molecule has 0 saturated heterocycles. The number of rotatable bonds is 7. The van der Waals surface area contributed by atoms with Crippen molar-refractivity contribution in [2.45, 2.75) is 24.7 Å². The number of hydrogen-bond acceptors (Lipinski definition) is 4. The number of nitrogens with zero attached hydrogens (tertiary/aromatic N) is 1. The highest BCUT2D eigenvalue weighted by atomic mass is 19.4. The second kappa shape index (κ2) is 8.62. The molecule has 0 fully saturated rings. The fourth-order valence-electron chi connectivity index (χ4n) is 2.77. The zero-order valence-electron chi connectivity index (χ0n) is 15.6. The monoisotopic (exact) mass is 396 g/mol. The number of para-hydroxylation sites is 1. The zero-order valence-corrected chi connectivity index (χ0v) is 15.6. The summed E-state index contributed by atoms with van der Waals surface area (Å²) in [5.74, 6) is -0.815. The van der Waals surface area contributed by atoms with Crippen LogP contribution in [0.3, 0.4) is 0 Å². The van der Waals surface area contributed by atoms with Crippen molar-refractivity contribution in [2.75, 3.05) is 20.2 Å². The number of hydrogen-bond donors (Lipinski definition) is 2. The fraction of sp³-hybridized carbons (Fsp3) is 0.350. The predicted octanol–water partition coefficient (Wildman–Crippen LogP) is 2.78. The molecule has 2 aromatic rings. The highest BCUT2D eigenvalue weighted by Crippen LogP contribution is 2.35.